The molecule has 21 heavy (non-hydrogen) atoms. The summed E-state index contributed by atoms with van der Waals surface area (Å²) in [6.07, 6.45) is 0.543. The summed E-state index contributed by atoms with van der Waals surface area (Å²) >= 11 is 4.87. The number of methoxy groups -OCH3 is 2. The van der Waals surface area contributed by atoms with E-state index in [1.165, 1.54) is 0 Å². The maximum atomic E-state index is 12.5. The van der Waals surface area contributed by atoms with E-state index >= 15 is 0 Å². The molecule has 1 aromatic rings. The van der Waals surface area contributed by atoms with Crippen molar-refractivity contribution in [3.8, 4) is 0 Å². The third-order valence-corrected chi connectivity index (χ3v) is 3.14. The number of nitrogens with zero attached hydrogens (tertiary/aromatic N) is 1. The Kier molecular flexibility index (Phi) is 7.89. The average Bonchev–Trinajstić information content (AvgIpc) is 2.47. The van der Waals surface area contributed by atoms with Crippen LogP contribution in [0, 0.1) is 0 Å². The van der Waals surface area contributed by atoms with Crippen molar-refractivity contribution < 1.29 is 14.3 Å². The lowest BCUT2D eigenvalue weighted by Crippen LogP contribution is -2.36. The number of rotatable bonds is 9. The number of nitrogens with two attached hydrogens (primary N) is 1. The maximum absolute atomic E-state index is 12.5. The van der Waals surface area contributed by atoms with Crippen molar-refractivity contribution in [2.24, 2.45) is 5.73 Å². The summed E-state index contributed by atoms with van der Waals surface area (Å²) in [5, 5.41) is 0. The van der Waals surface area contributed by atoms with Crippen LogP contribution in [0.2, 0.25) is 0 Å². The van der Waals surface area contributed by atoms with Gasteiger partial charge in [-0.2, -0.15) is 0 Å². The molecule has 2 N–H and O–H groups in total. The van der Waals surface area contributed by atoms with Gasteiger partial charge in [-0.1, -0.05) is 24.4 Å². The highest BCUT2D eigenvalue weighted by Gasteiger charge is 2.15. The molecule has 0 spiro atoms. The molecule has 0 heterocycles. The first-order chi connectivity index (χ1) is 10.1. The fourth-order valence-corrected chi connectivity index (χ4v) is 2.03. The Balaban J connectivity index is 2.74. The van der Waals surface area contributed by atoms with Crippen LogP contribution in [0.3, 0.4) is 0 Å². The molecule has 0 unspecified atom stereocenters. The van der Waals surface area contributed by atoms with Crippen LogP contribution in [0.1, 0.15) is 15.9 Å². The van der Waals surface area contributed by atoms with Gasteiger partial charge in [0.1, 0.15) is 0 Å². The molecule has 0 saturated heterocycles. The molecule has 0 saturated carbocycles. The Hall–Kier alpha value is -1.50. The summed E-state index contributed by atoms with van der Waals surface area (Å²) in [6, 6.07) is 7.33. The lowest BCUT2D eigenvalue weighted by Gasteiger charge is -2.22. The molecule has 0 aromatic heterocycles. The first kappa shape index (κ1) is 17.6. The van der Waals surface area contributed by atoms with Crippen LogP contribution in [0.5, 0.6) is 0 Å². The summed E-state index contributed by atoms with van der Waals surface area (Å²) in [4.78, 5) is 14.6. The van der Waals surface area contributed by atoms with Crippen LogP contribution in [0.25, 0.3) is 0 Å². The van der Waals surface area contributed by atoms with E-state index in [4.69, 9.17) is 27.4 Å². The Labute approximate surface area is 131 Å². The molecule has 5 nitrogen and oxygen atoms in total. The number of carbonyl (C=O) groups is 1. The van der Waals surface area contributed by atoms with Crippen molar-refractivity contribution in [2.45, 2.75) is 6.42 Å². The van der Waals surface area contributed by atoms with Crippen molar-refractivity contribution in [2.75, 3.05) is 40.5 Å². The van der Waals surface area contributed by atoms with Crippen molar-refractivity contribution in [3.63, 3.8) is 0 Å². The van der Waals surface area contributed by atoms with Gasteiger partial charge in [-0.15, -0.1) is 0 Å². The van der Waals surface area contributed by atoms with E-state index in [1.54, 1.807) is 31.3 Å². The summed E-state index contributed by atoms with van der Waals surface area (Å²) < 4.78 is 10.1. The van der Waals surface area contributed by atoms with E-state index in [0.29, 0.717) is 43.3 Å². The van der Waals surface area contributed by atoms with Gasteiger partial charge in [0, 0.05) is 39.3 Å². The number of benzene rings is 1. The molecule has 6 heteroatoms. The minimum absolute atomic E-state index is 0.0361. The Bertz CT molecular complexity index is 454. The molecular formula is C15H22N2O3S. The number of hydrogen-bond donors (Lipinski definition) is 1. The number of thiocarbonyl (C=S) groups is 1. The van der Waals surface area contributed by atoms with E-state index in [0.717, 1.165) is 5.56 Å². The zero-order valence-electron chi connectivity index (χ0n) is 12.5. The summed E-state index contributed by atoms with van der Waals surface area (Å²) in [7, 11) is 3.23. The third kappa shape index (κ3) is 6.20. The molecule has 1 aromatic carbocycles. The van der Waals surface area contributed by atoms with E-state index in [2.05, 4.69) is 0 Å². The quantitative estimate of drug-likeness (QED) is 0.696. The van der Waals surface area contributed by atoms with Crippen LogP contribution < -0.4 is 5.73 Å². The summed E-state index contributed by atoms with van der Waals surface area (Å²) in [5.74, 6) is -0.0361. The monoisotopic (exact) mass is 310 g/mol. The van der Waals surface area contributed by atoms with Gasteiger partial charge < -0.3 is 20.1 Å². The second-order valence-corrected chi connectivity index (χ2v) is 5.14. The highest BCUT2D eigenvalue weighted by Crippen LogP contribution is 2.09. The fraction of sp³-hybridized carbons (Fsp3) is 0.467. The van der Waals surface area contributed by atoms with Crippen molar-refractivity contribution >= 4 is 23.1 Å². The van der Waals surface area contributed by atoms with E-state index < -0.39 is 0 Å². The first-order valence-electron chi connectivity index (χ1n) is 6.73. The van der Waals surface area contributed by atoms with Crippen molar-refractivity contribution in [3.05, 3.63) is 35.4 Å². The van der Waals surface area contributed by atoms with Gasteiger partial charge in [-0.3, -0.25) is 4.79 Å². The van der Waals surface area contributed by atoms with Crippen LogP contribution >= 0.6 is 12.2 Å². The van der Waals surface area contributed by atoms with Gasteiger partial charge in [-0.25, -0.2) is 0 Å². The van der Waals surface area contributed by atoms with Crippen LogP contribution in [-0.4, -0.2) is 56.3 Å². The van der Waals surface area contributed by atoms with Gasteiger partial charge in [0.05, 0.1) is 18.2 Å². The second-order valence-electron chi connectivity index (χ2n) is 4.62. The van der Waals surface area contributed by atoms with Gasteiger partial charge in [0.2, 0.25) is 0 Å². The molecule has 0 aliphatic carbocycles. The zero-order valence-corrected chi connectivity index (χ0v) is 13.3. The Morgan fingerprint density at radius 1 is 1.14 bits per heavy atom. The van der Waals surface area contributed by atoms with E-state index in [9.17, 15) is 4.79 Å². The van der Waals surface area contributed by atoms with E-state index in [1.807, 2.05) is 12.1 Å². The van der Waals surface area contributed by atoms with Crippen molar-refractivity contribution in [1.29, 1.82) is 0 Å². The number of carbonyl (C=O) groups excluding carboxylic acids is 1. The Morgan fingerprint density at radius 2 is 1.67 bits per heavy atom. The average molecular weight is 310 g/mol. The number of hydrogen-bond acceptors (Lipinski definition) is 4. The zero-order chi connectivity index (χ0) is 15.7. The SMILES string of the molecule is COCCN(CCOC)C(=O)c1ccc(CC(N)=S)cc1. The maximum Gasteiger partial charge on any atom is 0.254 e. The smallest absolute Gasteiger partial charge is 0.254 e. The highest BCUT2D eigenvalue weighted by molar-refractivity contribution is 7.80. The molecule has 0 radical (unpaired) electrons. The second kappa shape index (κ2) is 9.44. The largest absolute Gasteiger partial charge is 0.393 e. The normalized spacial score (nSPS) is 10.4. The molecule has 0 fully saturated rings. The van der Waals surface area contributed by atoms with E-state index in [-0.39, 0.29) is 5.91 Å². The van der Waals surface area contributed by atoms with Gasteiger partial charge in [0.25, 0.3) is 5.91 Å². The minimum Gasteiger partial charge on any atom is -0.393 e. The van der Waals surface area contributed by atoms with Gasteiger partial charge >= 0.3 is 0 Å². The van der Waals surface area contributed by atoms with Crippen LogP contribution in [0.4, 0.5) is 0 Å². The molecule has 1 rings (SSSR count). The van der Waals surface area contributed by atoms with Crippen molar-refractivity contribution in [1.82, 2.24) is 4.90 Å². The molecule has 0 aliphatic heterocycles. The van der Waals surface area contributed by atoms with Gasteiger partial charge in [-0.05, 0) is 17.7 Å². The summed E-state index contributed by atoms with van der Waals surface area (Å²) in [5.41, 5.74) is 7.14. The number of ether oxygens (including phenoxy) is 2. The Morgan fingerprint density at radius 3 is 2.10 bits per heavy atom. The standard InChI is InChI=1S/C15H22N2O3S/c1-19-9-7-17(8-10-20-2)15(18)13-5-3-12(4-6-13)11-14(16)21/h3-6H,7-11H2,1-2H3,(H2,16,21). The predicted molar refractivity (Wildman–Crippen MR) is 86.6 cm³/mol. The third-order valence-electron chi connectivity index (χ3n) is 3.00. The van der Waals surface area contributed by atoms with Gasteiger partial charge in [0.15, 0.2) is 0 Å². The highest BCUT2D eigenvalue weighted by atomic mass is 32.1. The number of amides is 1. The lowest BCUT2D eigenvalue weighted by atomic mass is 10.1. The molecule has 0 bridgehead atoms. The lowest BCUT2D eigenvalue weighted by molar-refractivity contribution is 0.0627. The topological polar surface area (TPSA) is 64.8 Å². The summed E-state index contributed by atoms with van der Waals surface area (Å²) in [6.45, 7) is 2.06. The first-order valence-corrected chi connectivity index (χ1v) is 7.13. The molecule has 0 aliphatic rings. The molecule has 116 valence electrons. The molecular weight excluding hydrogens is 288 g/mol. The minimum atomic E-state index is -0.0361. The van der Waals surface area contributed by atoms with Crippen LogP contribution in [0.15, 0.2) is 24.3 Å². The molecule has 0 atom stereocenters. The van der Waals surface area contributed by atoms with Crippen LogP contribution in [-0.2, 0) is 15.9 Å². The molecule has 1 amide bonds. The fourth-order valence-electron chi connectivity index (χ4n) is 1.87. The predicted octanol–water partition coefficient (Wildman–Crippen LogP) is 1.25.